The van der Waals surface area contributed by atoms with Gasteiger partial charge in [-0.05, 0) is 25.1 Å². The Morgan fingerprint density at radius 2 is 2.22 bits per heavy atom. The summed E-state index contributed by atoms with van der Waals surface area (Å²) in [6.45, 7) is 1.44. The lowest BCUT2D eigenvalue weighted by Gasteiger charge is -2.10. The van der Waals surface area contributed by atoms with Crippen LogP contribution < -0.4 is 4.74 Å². The summed E-state index contributed by atoms with van der Waals surface area (Å²) in [5.41, 5.74) is 0.431. The Morgan fingerprint density at radius 1 is 1.44 bits per heavy atom. The van der Waals surface area contributed by atoms with Gasteiger partial charge in [0, 0.05) is 6.20 Å². The van der Waals surface area contributed by atoms with Crippen LogP contribution in [0.3, 0.4) is 0 Å². The molecule has 1 aromatic heterocycles. The van der Waals surface area contributed by atoms with Gasteiger partial charge in [0.2, 0.25) is 5.88 Å². The number of aromatic nitrogens is 2. The fourth-order valence-electron chi connectivity index (χ4n) is 1.33. The Hall–Kier alpha value is -1.72. The van der Waals surface area contributed by atoms with Gasteiger partial charge in [0.05, 0.1) is 17.2 Å². The Kier molecular flexibility index (Phi) is 3.74. The first-order chi connectivity index (χ1) is 8.60. The Balaban J connectivity index is 2.36. The minimum absolute atomic E-state index is 0.134. The van der Waals surface area contributed by atoms with Crippen LogP contribution in [0.4, 0.5) is 4.39 Å². The number of aliphatic hydroxyl groups excluding tert-OH is 1. The highest BCUT2D eigenvalue weighted by molar-refractivity contribution is 6.32. The van der Waals surface area contributed by atoms with E-state index in [9.17, 15) is 4.39 Å². The summed E-state index contributed by atoms with van der Waals surface area (Å²) in [6.07, 6.45) is 1.47. The van der Waals surface area contributed by atoms with E-state index < -0.39 is 5.82 Å². The third kappa shape index (κ3) is 2.75. The van der Waals surface area contributed by atoms with Gasteiger partial charge in [0.25, 0.3) is 0 Å². The molecule has 94 valence electrons. The maximum Gasteiger partial charge on any atom is 0.228 e. The van der Waals surface area contributed by atoms with Crippen LogP contribution >= 0.6 is 11.6 Å². The Labute approximate surface area is 108 Å². The van der Waals surface area contributed by atoms with Crippen LogP contribution in [0.1, 0.15) is 11.4 Å². The van der Waals surface area contributed by atoms with Crippen molar-refractivity contribution in [1.29, 1.82) is 0 Å². The summed E-state index contributed by atoms with van der Waals surface area (Å²) in [6, 6.07) is 3.77. The SMILES string of the molecule is Cc1ncc(CO)c(Oc2ccc(F)cc2Cl)n1. The fraction of sp³-hybridized carbons (Fsp3) is 0.167. The first-order valence-corrected chi connectivity index (χ1v) is 5.54. The second-order valence-corrected chi connectivity index (χ2v) is 3.99. The van der Waals surface area contributed by atoms with Crippen LogP contribution in [0.25, 0.3) is 0 Å². The monoisotopic (exact) mass is 268 g/mol. The van der Waals surface area contributed by atoms with Crippen LogP contribution in [-0.2, 0) is 6.61 Å². The largest absolute Gasteiger partial charge is 0.437 e. The molecule has 18 heavy (non-hydrogen) atoms. The molecule has 0 saturated heterocycles. The third-order valence-electron chi connectivity index (χ3n) is 2.22. The number of hydrogen-bond donors (Lipinski definition) is 1. The van der Waals surface area contributed by atoms with Crippen molar-refractivity contribution in [1.82, 2.24) is 9.97 Å². The number of ether oxygens (including phenoxy) is 1. The average molecular weight is 269 g/mol. The smallest absolute Gasteiger partial charge is 0.228 e. The van der Waals surface area contributed by atoms with Crippen LogP contribution in [0, 0.1) is 12.7 Å². The lowest BCUT2D eigenvalue weighted by molar-refractivity contribution is 0.274. The lowest BCUT2D eigenvalue weighted by Crippen LogP contribution is -1.99. The van der Waals surface area contributed by atoms with Crippen molar-refractivity contribution in [3.05, 3.63) is 46.6 Å². The van der Waals surface area contributed by atoms with E-state index >= 15 is 0 Å². The van der Waals surface area contributed by atoms with Gasteiger partial charge < -0.3 is 9.84 Å². The highest BCUT2D eigenvalue weighted by Gasteiger charge is 2.10. The predicted octanol–water partition coefficient (Wildman–Crippen LogP) is 2.86. The van der Waals surface area contributed by atoms with E-state index in [0.29, 0.717) is 11.4 Å². The van der Waals surface area contributed by atoms with Gasteiger partial charge in [-0.3, -0.25) is 0 Å². The van der Waals surface area contributed by atoms with E-state index in [2.05, 4.69) is 9.97 Å². The maximum absolute atomic E-state index is 12.9. The van der Waals surface area contributed by atoms with Crippen molar-refractivity contribution in [3.8, 4) is 11.6 Å². The highest BCUT2D eigenvalue weighted by atomic mass is 35.5. The molecule has 0 bridgehead atoms. The Morgan fingerprint density at radius 3 is 2.89 bits per heavy atom. The third-order valence-corrected chi connectivity index (χ3v) is 2.51. The van der Waals surface area contributed by atoms with Gasteiger partial charge in [-0.1, -0.05) is 11.6 Å². The van der Waals surface area contributed by atoms with Crippen LogP contribution in [0.15, 0.2) is 24.4 Å². The normalized spacial score (nSPS) is 10.4. The van der Waals surface area contributed by atoms with E-state index in [1.807, 2.05) is 0 Å². The molecule has 1 aromatic carbocycles. The zero-order valence-corrected chi connectivity index (χ0v) is 10.3. The van der Waals surface area contributed by atoms with Gasteiger partial charge in [-0.25, -0.2) is 9.37 Å². The molecule has 0 amide bonds. The van der Waals surface area contributed by atoms with E-state index in [1.54, 1.807) is 6.92 Å². The van der Waals surface area contributed by atoms with Crippen LogP contribution in [-0.4, -0.2) is 15.1 Å². The zero-order chi connectivity index (χ0) is 13.1. The average Bonchev–Trinajstić information content (AvgIpc) is 2.33. The molecule has 2 aromatic rings. The molecule has 0 aliphatic carbocycles. The van der Waals surface area contributed by atoms with Gasteiger partial charge in [-0.2, -0.15) is 4.98 Å². The molecular formula is C12H10ClFN2O2. The van der Waals surface area contributed by atoms with Crippen LogP contribution in [0.5, 0.6) is 11.6 Å². The van der Waals surface area contributed by atoms with Gasteiger partial charge in [0.15, 0.2) is 0 Å². The molecule has 0 spiro atoms. The molecule has 0 radical (unpaired) electrons. The summed E-state index contributed by atoms with van der Waals surface area (Å²) in [4.78, 5) is 8.00. The summed E-state index contributed by atoms with van der Waals surface area (Å²) in [7, 11) is 0. The molecule has 4 nitrogen and oxygen atoms in total. The number of nitrogens with zero attached hydrogens (tertiary/aromatic N) is 2. The van der Waals surface area contributed by atoms with E-state index in [0.717, 1.165) is 6.07 Å². The van der Waals surface area contributed by atoms with Crippen molar-refractivity contribution in [2.75, 3.05) is 0 Å². The van der Waals surface area contributed by atoms with E-state index in [4.69, 9.17) is 21.4 Å². The predicted molar refractivity (Wildman–Crippen MR) is 64.2 cm³/mol. The number of aliphatic hydroxyl groups is 1. The minimum Gasteiger partial charge on any atom is -0.437 e. The number of rotatable bonds is 3. The molecule has 0 aliphatic rings. The molecule has 0 aliphatic heterocycles. The molecule has 6 heteroatoms. The van der Waals surface area contributed by atoms with Crippen molar-refractivity contribution >= 4 is 11.6 Å². The summed E-state index contributed by atoms with van der Waals surface area (Å²) >= 11 is 5.84. The Bertz CT molecular complexity index is 578. The maximum atomic E-state index is 12.9. The van der Waals surface area contributed by atoms with E-state index in [1.165, 1.54) is 18.3 Å². The summed E-state index contributed by atoms with van der Waals surface area (Å²) < 4.78 is 18.3. The fourth-order valence-corrected chi connectivity index (χ4v) is 1.54. The second kappa shape index (κ2) is 5.29. The van der Waals surface area contributed by atoms with Gasteiger partial charge in [-0.15, -0.1) is 0 Å². The van der Waals surface area contributed by atoms with Gasteiger partial charge in [0.1, 0.15) is 17.4 Å². The van der Waals surface area contributed by atoms with Crippen molar-refractivity contribution in [3.63, 3.8) is 0 Å². The molecule has 0 saturated carbocycles. The molecule has 0 unspecified atom stereocenters. The number of aryl methyl sites for hydroxylation is 1. The molecule has 2 rings (SSSR count). The molecule has 1 N–H and O–H groups in total. The first kappa shape index (κ1) is 12.7. The van der Waals surface area contributed by atoms with Crippen LogP contribution in [0.2, 0.25) is 5.02 Å². The quantitative estimate of drug-likeness (QED) is 0.930. The van der Waals surface area contributed by atoms with Gasteiger partial charge >= 0.3 is 0 Å². The minimum atomic E-state index is -0.450. The topological polar surface area (TPSA) is 55.2 Å². The summed E-state index contributed by atoms with van der Waals surface area (Å²) in [5, 5.41) is 9.28. The zero-order valence-electron chi connectivity index (χ0n) is 9.52. The molecule has 0 atom stereocenters. The second-order valence-electron chi connectivity index (χ2n) is 3.58. The number of benzene rings is 1. The molecule has 0 fully saturated rings. The highest BCUT2D eigenvalue weighted by Crippen LogP contribution is 2.30. The number of hydrogen-bond acceptors (Lipinski definition) is 4. The first-order valence-electron chi connectivity index (χ1n) is 5.16. The summed E-state index contributed by atoms with van der Waals surface area (Å²) in [5.74, 6) is 0.526. The molecular weight excluding hydrogens is 259 g/mol. The number of halogens is 2. The van der Waals surface area contributed by atoms with E-state index in [-0.39, 0.29) is 23.3 Å². The molecule has 1 heterocycles. The standard InChI is InChI=1S/C12H10ClFN2O2/c1-7-15-5-8(6-17)12(16-7)18-11-3-2-9(14)4-10(11)13/h2-5,17H,6H2,1H3. The van der Waals surface area contributed by atoms with Crippen molar-refractivity contribution in [2.45, 2.75) is 13.5 Å². The van der Waals surface area contributed by atoms with Crippen molar-refractivity contribution in [2.24, 2.45) is 0 Å². The lowest BCUT2D eigenvalue weighted by atomic mass is 10.3. The van der Waals surface area contributed by atoms with Crippen molar-refractivity contribution < 1.29 is 14.2 Å².